The largest absolute Gasteiger partial charge is 0.476 e. The van der Waals surface area contributed by atoms with Gasteiger partial charge in [0.1, 0.15) is 19.0 Å². The number of alkyl halides is 1. The lowest BCUT2D eigenvalue weighted by molar-refractivity contribution is -0.132. The van der Waals surface area contributed by atoms with Crippen LogP contribution < -0.4 is 10.5 Å². The first-order valence-electron chi connectivity index (χ1n) is 7.51. The summed E-state index contributed by atoms with van der Waals surface area (Å²) in [7, 11) is 1.25. The van der Waals surface area contributed by atoms with E-state index in [1.165, 1.54) is 24.9 Å². The fourth-order valence-electron chi connectivity index (χ4n) is 1.85. The SMILES string of the molecule is CCOc1nc(N)nc2c1ncn2CO.CO[C@@](CO)(CF)[C@H](C)O. The van der Waals surface area contributed by atoms with E-state index in [1.807, 2.05) is 6.92 Å². The molecule has 0 amide bonds. The maximum Gasteiger partial charge on any atom is 0.247 e. The zero-order valence-electron chi connectivity index (χ0n) is 14.4. The van der Waals surface area contributed by atoms with Crippen molar-refractivity contribution in [2.75, 3.05) is 32.7 Å². The third kappa shape index (κ3) is 4.72. The molecule has 0 bridgehead atoms. The second-order valence-electron chi connectivity index (χ2n) is 5.08. The Balaban J connectivity index is 0.000000275. The van der Waals surface area contributed by atoms with E-state index in [0.29, 0.717) is 23.7 Å². The molecule has 5 N–H and O–H groups in total. The number of aliphatic hydroxyl groups is 3. The van der Waals surface area contributed by atoms with Crippen LogP contribution in [0.1, 0.15) is 13.8 Å². The Labute approximate surface area is 144 Å². The fourth-order valence-corrected chi connectivity index (χ4v) is 1.85. The van der Waals surface area contributed by atoms with Crippen molar-refractivity contribution in [1.82, 2.24) is 19.5 Å². The Morgan fingerprint density at radius 3 is 2.48 bits per heavy atom. The van der Waals surface area contributed by atoms with Crippen LogP contribution in [0.15, 0.2) is 6.33 Å². The van der Waals surface area contributed by atoms with Gasteiger partial charge in [-0.15, -0.1) is 0 Å². The second kappa shape index (κ2) is 9.42. The second-order valence-corrected chi connectivity index (χ2v) is 5.08. The predicted molar refractivity (Wildman–Crippen MR) is 87.6 cm³/mol. The van der Waals surface area contributed by atoms with E-state index in [0.717, 1.165) is 0 Å². The number of aliphatic hydroxyl groups excluding tert-OH is 3. The maximum atomic E-state index is 12.1. The number of halogens is 1. The molecule has 0 aliphatic rings. The molecule has 0 spiro atoms. The van der Waals surface area contributed by atoms with Crippen LogP contribution in [0.2, 0.25) is 0 Å². The van der Waals surface area contributed by atoms with Gasteiger partial charge in [0.2, 0.25) is 11.8 Å². The molecular formula is C14H24FN5O5. The Hall–Kier alpha value is -2.08. The zero-order valence-corrected chi connectivity index (χ0v) is 14.4. The van der Waals surface area contributed by atoms with Gasteiger partial charge in [0.05, 0.1) is 25.6 Å². The number of nitrogen functional groups attached to an aromatic ring is 1. The Kier molecular flexibility index (Phi) is 7.90. The Morgan fingerprint density at radius 1 is 1.40 bits per heavy atom. The van der Waals surface area contributed by atoms with Crippen LogP contribution in [0.5, 0.6) is 5.88 Å². The number of ether oxygens (including phenoxy) is 2. The molecule has 0 aliphatic heterocycles. The van der Waals surface area contributed by atoms with Crippen LogP contribution in [0.3, 0.4) is 0 Å². The first-order chi connectivity index (χ1) is 11.9. The monoisotopic (exact) mass is 361 g/mol. The van der Waals surface area contributed by atoms with E-state index in [1.54, 1.807) is 0 Å². The zero-order chi connectivity index (χ0) is 19.0. The molecule has 2 heterocycles. The van der Waals surface area contributed by atoms with Gasteiger partial charge in [0, 0.05) is 7.11 Å². The van der Waals surface area contributed by atoms with E-state index >= 15 is 0 Å². The van der Waals surface area contributed by atoms with Gasteiger partial charge >= 0.3 is 0 Å². The maximum absolute atomic E-state index is 12.1. The molecule has 0 unspecified atom stereocenters. The highest BCUT2D eigenvalue weighted by atomic mass is 19.1. The van der Waals surface area contributed by atoms with E-state index < -0.39 is 25.0 Å². The lowest BCUT2D eigenvalue weighted by atomic mass is 10.0. The van der Waals surface area contributed by atoms with Gasteiger partial charge in [-0.3, -0.25) is 4.57 Å². The summed E-state index contributed by atoms with van der Waals surface area (Å²) in [6.45, 7) is 2.07. The number of methoxy groups -OCH3 is 1. The number of nitrogens with zero attached hydrogens (tertiary/aromatic N) is 4. The summed E-state index contributed by atoms with van der Waals surface area (Å²) < 4.78 is 23.5. The number of nitrogens with two attached hydrogens (primary N) is 1. The molecule has 0 saturated heterocycles. The minimum Gasteiger partial charge on any atom is -0.476 e. The predicted octanol–water partition coefficient (Wildman–Crippen LogP) is -0.529. The standard InChI is InChI=1S/C8H11N5O2.C6H13FO3/c1-2-15-7-5-6(11-8(9)12-7)13(4-14)3-10-5;1-5(9)6(3-7,4-8)10-2/h3,14H,2,4H2,1H3,(H2,9,11,12);5,8-9H,3-4H2,1-2H3/t;5-,6+/m.0/s1. The molecule has 11 heteroatoms. The number of rotatable bonds is 7. The summed E-state index contributed by atoms with van der Waals surface area (Å²) in [4.78, 5) is 11.9. The molecule has 25 heavy (non-hydrogen) atoms. The smallest absolute Gasteiger partial charge is 0.247 e. The summed E-state index contributed by atoms with van der Waals surface area (Å²) >= 11 is 0. The molecule has 0 saturated carbocycles. The van der Waals surface area contributed by atoms with Gasteiger partial charge in [0.15, 0.2) is 11.2 Å². The van der Waals surface area contributed by atoms with Crippen molar-refractivity contribution in [2.45, 2.75) is 32.3 Å². The van der Waals surface area contributed by atoms with Crippen LogP contribution >= 0.6 is 0 Å². The summed E-state index contributed by atoms with van der Waals surface area (Å²) in [5.41, 5.74) is 5.05. The summed E-state index contributed by atoms with van der Waals surface area (Å²) in [6.07, 6.45) is 0.453. The molecule has 0 aromatic carbocycles. The molecule has 2 rings (SSSR count). The highest BCUT2D eigenvalue weighted by Gasteiger charge is 2.34. The number of anilines is 1. The number of aromatic nitrogens is 4. The van der Waals surface area contributed by atoms with Gasteiger partial charge in [0.25, 0.3) is 0 Å². The molecule has 0 fully saturated rings. The van der Waals surface area contributed by atoms with E-state index in [9.17, 15) is 4.39 Å². The van der Waals surface area contributed by atoms with E-state index in [-0.39, 0.29) is 12.7 Å². The average Bonchev–Trinajstić information content (AvgIpc) is 3.00. The lowest BCUT2D eigenvalue weighted by Gasteiger charge is -2.29. The average molecular weight is 361 g/mol. The van der Waals surface area contributed by atoms with Crippen LogP contribution in [0.25, 0.3) is 11.2 Å². The van der Waals surface area contributed by atoms with Crippen molar-refractivity contribution < 1.29 is 29.2 Å². The minimum atomic E-state index is -1.43. The first-order valence-corrected chi connectivity index (χ1v) is 7.51. The van der Waals surface area contributed by atoms with E-state index in [4.69, 9.17) is 25.8 Å². The summed E-state index contributed by atoms with van der Waals surface area (Å²) in [6, 6.07) is 0. The quantitative estimate of drug-likeness (QED) is 0.510. The third-order valence-electron chi connectivity index (χ3n) is 3.54. The van der Waals surface area contributed by atoms with E-state index in [2.05, 4.69) is 19.7 Å². The molecule has 0 aliphatic carbocycles. The highest BCUT2D eigenvalue weighted by molar-refractivity contribution is 5.77. The third-order valence-corrected chi connectivity index (χ3v) is 3.54. The fraction of sp³-hybridized carbons (Fsp3) is 0.643. The molecule has 2 aromatic rings. The van der Waals surface area contributed by atoms with Gasteiger partial charge < -0.3 is 30.5 Å². The van der Waals surface area contributed by atoms with Crippen LogP contribution in [0.4, 0.5) is 10.3 Å². The molecule has 0 radical (unpaired) electrons. The Bertz CT molecular complexity index is 654. The van der Waals surface area contributed by atoms with Crippen molar-refractivity contribution in [1.29, 1.82) is 0 Å². The van der Waals surface area contributed by atoms with Gasteiger partial charge in [-0.05, 0) is 13.8 Å². The van der Waals surface area contributed by atoms with Gasteiger partial charge in [-0.1, -0.05) is 0 Å². The number of hydrogen-bond donors (Lipinski definition) is 4. The Morgan fingerprint density at radius 2 is 2.08 bits per heavy atom. The van der Waals surface area contributed by atoms with Crippen molar-refractivity contribution in [3.8, 4) is 5.88 Å². The molecule has 142 valence electrons. The number of hydrogen-bond acceptors (Lipinski definition) is 9. The summed E-state index contributed by atoms with van der Waals surface area (Å²) in [5, 5.41) is 26.6. The topological polar surface area (TPSA) is 149 Å². The van der Waals surface area contributed by atoms with Crippen LogP contribution in [-0.2, 0) is 11.5 Å². The van der Waals surface area contributed by atoms with Crippen molar-refractivity contribution in [2.24, 2.45) is 0 Å². The normalized spacial score (nSPS) is 14.5. The lowest BCUT2D eigenvalue weighted by Crippen LogP contribution is -2.48. The van der Waals surface area contributed by atoms with Crippen LogP contribution in [-0.4, -0.2) is 73.5 Å². The van der Waals surface area contributed by atoms with Crippen molar-refractivity contribution in [3.63, 3.8) is 0 Å². The van der Waals surface area contributed by atoms with Crippen molar-refractivity contribution >= 4 is 17.1 Å². The van der Waals surface area contributed by atoms with Gasteiger partial charge in [-0.2, -0.15) is 9.97 Å². The highest BCUT2D eigenvalue weighted by Crippen LogP contribution is 2.21. The van der Waals surface area contributed by atoms with Crippen LogP contribution in [0, 0.1) is 0 Å². The molecule has 2 atom stereocenters. The molecule has 2 aromatic heterocycles. The first kappa shape index (κ1) is 21.0. The minimum absolute atomic E-state index is 0.0983. The molecule has 10 nitrogen and oxygen atoms in total. The number of imidazole rings is 1. The van der Waals surface area contributed by atoms with Gasteiger partial charge in [-0.25, -0.2) is 9.37 Å². The number of fused-ring (bicyclic) bond motifs is 1. The summed E-state index contributed by atoms with van der Waals surface area (Å²) in [5.74, 6) is 0.438. The molecular weight excluding hydrogens is 337 g/mol. The van der Waals surface area contributed by atoms with Crippen molar-refractivity contribution in [3.05, 3.63) is 6.33 Å².